The molecule has 0 bridgehead atoms. The molecule has 1 saturated heterocycles. The molecular formula is C23H15NO5S2. The van der Waals surface area contributed by atoms with E-state index in [1.807, 2.05) is 0 Å². The van der Waals surface area contributed by atoms with Gasteiger partial charge in [0.1, 0.15) is 11.5 Å². The number of thioether (sulfide) groups is 1. The maximum atomic E-state index is 12.9. The van der Waals surface area contributed by atoms with Crippen molar-refractivity contribution in [3.8, 4) is 11.3 Å². The first-order valence-electron chi connectivity index (χ1n) is 9.16. The predicted octanol–water partition coefficient (Wildman–Crippen LogP) is 5.25. The van der Waals surface area contributed by atoms with Crippen LogP contribution >= 0.6 is 24.0 Å². The maximum Gasteiger partial charge on any atom is 0.335 e. The number of anilines is 1. The molecule has 1 fully saturated rings. The average Bonchev–Trinajstić information content (AvgIpc) is 3.32. The molecule has 0 radical (unpaired) electrons. The van der Waals surface area contributed by atoms with E-state index in [0.717, 1.165) is 17.3 Å². The third-order valence-electron chi connectivity index (χ3n) is 4.64. The number of nitrogens with zero attached hydrogens (tertiary/aromatic N) is 1. The number of carbonyl (C=O) groups is 3. The van der Waals surface area contributed by atoms with E-state index in [1.165, 1.54) is 24.0 Å². The Morgan fingerprint density at radius 3 is 2.26 bits per heavy atom. The number of furan rings is 1. The van der Waals surface area contributed by atoms with Crippen molar-refractivity contribution in [1.29, 1.82) is 0 Å². The largest absolute Gasteiger partial charge is 0.478 e. The number of rotatable bonds is 5. The molecule has 1 aromatic heterocycles. The van der Waals surface area contributed by atoms with Crippen molar-refractivity contribution in [2.75, 3.05) is 4.90 Å². The van der Waals surface area contributed by atoms with Crippen molar-refractivity contribution < 1.29 is 23.9 Å². The third-order valence-corrected chi connectivity index (χ3v) is 5.94. The number of carbonyl (C=O) groups excluding carboxylic acids is 2. The number of benzene rings is 2. The minimum Gasteiger partial charge on any atom is -0.478 e. The van der Waals surface area contributed by atoms with Crippen LogP contribution in [0.3, 0.4) is 0 Å². The lowest BCUT2D eigenvalue weighted by molar-refractivity contribution is -0.113. The number of thiocarbonyl (C=S) groups is 1. The van der Waals surface area contributed by atoms with E-state index in [4.69, 9.17) is 21.7 Å². The van der Waals surface area contributed by atoms with Gasteiger partial charge in [0.05, 0.1) is 16.2 Å². The van der Waals surface area contributed by atoms with Gasteiger partial charge in [-0.05, 0) is 43.3 Å². The molecule has 2 heterocycles. The average molecular weight is 450 g/mol. The Balaban J connectivity index is 1.56. The van der Waals surface area contributed by atoms with Crippen molar-refractivity contribution in [3.05, 3.63) is 82.5 Å². The summed E-state index contributed by atoms with van der Waals surface area (Å²) in [7, 11) is 0. The van der Waals surface area contributed by atoms with Crippen LogP contribution in [0.15, 0.2) is 70.0 Å². The SMILES string of the molecule is CC(=O)c1ccc(-c2ccc(/C=C3/SC(=S)N(c4ccc(C(=O)O)cc4)C3=O)o2)cc1. The zero-order valence-corrected chi connectivity index (χ0v) is 17.8. The van der Waals surface area contributed by atoms with E-state index < -0.39 is 5.97 Å². The van der Waals surface area contributed by atoms with E-state index in [0.29, 0.717) is 32.0 Å². The van der Waals surface area contributed by atoms with Crippen LogP contribution in [-0.4, -0.2) is 27.1 Å². The Hall–Kier alpha value is -3.49. The van der Waals surface area contributed by atoms with E-state index in [2.05, 4.69) is 0 Å². The number of carboxylic acid groups (broad SMARTS) is 1. The number of aromatic carboxylic acids is 1. The first-order chi connectivity index (χ1) is 14.8. The molecule has 2 aromatic carbocycles. The maximum absolute atomic E-state index is 12.9. The van der Waals surface area contributed by atoms with Gasteiger partial charge in [0.15, 0.2) is 10.1 Å². The summed E-state index contributed by atoms with van der Waals surface area (Å²) in [4.78, 5) is 37.1. The number of amides is 1. The second-order valence-corrected chi connectivity index (χ2v) is 8.38. The highest BCUT2D eigenvalue weighted by atomic mass is 32.2. The van der Waals surface area contributed by atoms with Gasteiger partial charge >= 0.3 is 5.97 Å². The summed E-state index contributed by atoms with van der Waals surface area (Å²) in [6.45, 7) is 1.51. The molecule has 1 aliphatic rings. The Bertz CT molecular complexity index is 1240. The molecule has 6 nitrogen and oxygen atoms in total. The van der Waals surface area contributed by atoms with Gasteiger partial charge in [-0.3, -0.25) is 14.5 Å². The lowest BCUT2D eigenvalue weighted by Gasteiger charge is -2.14. The smallest absolute Gasteiger partial charge is 0.335 e. The van der Waals surface area contributed by atoms with Crippen LogP contribution in [-0.2, 0) is 4.79 Å². The molecular weight excluding hydrogens is 434 g/mol. The first kappa shape index (κ1) is 20.8. The zero-order chi connectivity index (χ0) is 22.1. The van der Waals surface area contributed by atoms with Gasteiger partial charge in [0.25, 0.3) is 5.91 Å². The number of hydrogen-bond donors (Lipinski definition) is 1. The quantitative estimate of drug-likeness (QED) is 0.323. The second kappa shape index (κ2) is 8.33. The summed E-state index contributed by atoms with van der Waals surface area (Å²) in [5.74, 6) is -0.247. The number of hydrogen-bond acceptors (Lipinski definition) is 6. The fourth-order valence-electron chi connectivity index (χ4n) is 3.03. The molecule has 0 spiro atoms. The fraction of sp³-hybridized carbons (Fsp3) is 0.0435. The topological polar surface area (TPSA) is 87.8 Å². The Morgan fingerprint density at radius 2 is 1.65 bits per heavy atom. The summed E-state index contributed by atoms with van der Waals surface area (Å²) in [6, 6.07) is 16.6. The number of Topliss-reactive ketones (excluding diaryl/α,β-unsaturated/α-hetero) is 1. The normalized spacial score (nSPS) is 15.0. The Morgan fingerprint density at radius 1 is 1.00 bits per heavy atom. The first-order valence-corrected chi connectivity index (χ1v) is 10.4. The van der Waals surface area contributed by atoms with Crippen LogP contribution in [0.4, 0.5) is 5.69 Å². The molecule has 0 unspecified atom stereocenters. The monoisotopic (exact) mass is 449 g/mol. The third kappa shape index (κ3) is 4.21. The summed E-state index contributed by atoms with van der Waals surface area (Å²) >= 11 is 6.49. The minimum atomic E-state index is -1.04. The van der Waals surface area contributed by atoms with E-state index in [-0.39, 0.29) is 17.3 Å². The second-order valence-electron chi connectivity index (χ2n) is 6.70. The van der Waals surface area contributed by atoms with Crippen LogP contribution < -0.4 is 4.90 Å². The van der Waals surface area contributed by atoms with Crippen LogP contribution in [0, 0.1) is 0 Å². The summed E-state index contributed by atoms with van der Waals surface area (Å²) in [5.41, 5.74) is 2.07. The van der Waals surface area contributed by atoms with Gasteiger partial charge in [0.2, 0.25) is 0 Å². The van der Waals surface area contributed by atoms with Crippen molar-refractivity contribution in [1.82, 2.24) is 0 Å². The van der Waals surface area contributed by atoms with Crippen molar-refractivity contribution >= 4 is 57.7 Å². The molecule has 4 rings (SSSR count). The standard InChI is InChI=1S/C23H15NO5S2/c1-13(25)14-2-4-15(5-3-14)19-11-10-18(29-19)12-20-21(26)24(23(30)31-20)17-8-6-16(7-9-17)22(27)28/h2-12H,1H3,(H,27,28)/b20-12+. The van der Waals surface area contributed by atoms with Gasteiger partial charge in [0, 0.05) is 17.2 Å². The van der Waals surface area contributed by atoms with Gasteiger partial charge in [-0.25, -0.2) is 4.79 Å². The van der Waals surface area contributed by atoms with Gasteiger partial charge in [-0.2, -0.15) is 0 Å². The lowest BCUT2D eigenvalue weighted by Crippen LogP contribution is -2.27. The summed E-state index contributed by atoms with van der Waals surface area (Å²) < 4.78 is 6.20. The highest BCUT2D eigenvalue weighted by Crippen LogP contribution is 2.36. The molecule has 1 aliphatic heterocycles. The molecule has 31 heavy (non-hydrogen) atoms. The summed E-state index contributed by atoms with van der Waals surface area (Å²) in [6.07, 6.45) is 1.62. The van der Waals surface area contributed by atoms with Crippen molar-refractivity contribution in [2.45, 2.75) is 6.92 Å². The zero-order valence-electron chi connectivity index (χ0n) is 16.2. The fourth-order valence-corrected chi connectivity index (χ4v) is 4.31. The Labute approximate surface area is 187 Å². The van der Waals surface area contributed by atoms with Crippen LogP contribution in [0.1, 0.15) is 33.4 Å². The molecule has 0 saturated carbocycles. The molecule has 1 amide bonds. The summed E-state index contributed by atoms with van der Waals surface area (Å²) in [5, 5.41) is 9.03. The van der Waals surface area contributed by atoms with E-state index in [1.54, 1.807) is 54.6 Å². The Kier molecular flexibility index (Phi) is 5.58. The molecule has 154 valence electrons. The lowest BCUT2D eigenvalue weighted by atomic mass is 10.1. The van der Waals surface area contributed by atoms with Crippen molar-refractivity contribution in [2.24, 2.45) is 0 Å². The van der Waals surface area contributed by atoms with E-state index in [9.17, 15) is 14.4 Å². The molecule has 0 atom stereocenters. The van der Waals surface area contributed by atoms with Gasteiger partial charge < -0.3 is 9.52 Å². The van der Waals surface area contributed by atoms with Crippen molar-refractivity contribution in [3.63, 3.8) is 0 Å². The molecule has 3 aromatic rings. The molecule has 8 heteroatoms. The van der Waals surface area contributed by atoms with Crippen LogP contribution in [0.5, 0.6) is 0 Å². The highest BCUT2D eigenvalue weighted by molar-refractivity contribution is 8.27. The highest BCUT2D eigenvalue weighted by Gasteiger charge is 2.33. The number of ketones is 1. The van der Waals surface area contributed by atoms with Crippen LogP contribution in [0.2, 0.25) is 0 Å². The van der Waals surface area contributed by atoms with E-state index >= 15 is 0 Å². The minimum absolute atomic E-state index is 0.00805. The predicted molar refractivity (Wildman–Crippen MR) is 123 cm³/mol. The van der Waals surface area contributed by atoms with Gasteiger partial charge in [-0.15, -0.1) is 0 Å². The molecule has 1 N–H and O–H groups in total. The number of carboxylic acids is 1. The van der Waals surface area contributed by atoms with Gasteiger partial charge in [-0.1, -0.05) is 48.2 Å². The van der Waals surface area contributed by atoms with Crippen LogP contribution in [0.25, 0.3) is 17.4 Å². The molecule has 0 aliphatic carbocycles.